The molecule has 0 aromatic heterocycles. The number of aryl methyl sites for hydroxylation is 1. The molecular weight excluding hydrogens is 396 g/mol. The molecule has 7 nitrogen and oxygen atoms in total. The number of benzene rings is 2. The highest BCUT2D eigenvalue weighted by Gasteiger charge is 2.25. The lowest BCUT2D eigenvalue weighted by Gasteiger charge is -2.32. The first-order valence-electron chi connectivity index (χ1n) is 10.3. The second-order valence-corrected chi connectivity index (χ2v) is 7.65. The molecule has 2 amide bonds. The van der Waals surface area contributed by atoms with Crippen LogP contribution in [-0.4, -0.2) is 55.3 Å². The molecule has 1 aliphatic heterocycles. The van der Waals surface area contributed by atoms with E-state index in [-0.39, 0.29) is 30.2 Å². The highest BCUT2D eigenvalue weighted by atomic mass is 16.5. The monoisotopic (exact) mass is 424 g/mol. The van der Waals surface area contributed by atoms with Crippen LogP contribution in [0, 0.1) is 6.92 Å². The largest absolute Gasteiger partial charge is 0.493 e. The van der Waals surface area contributed by atoms with E-state index in [0.29, 0.717) is 48.6 Å². The Morgan fingerprint density at radius 1 is 1.06 bits per heavy atom. The van der Waals surface area contributed by atoms with Crippen LogP contribution in [0.2, 0.25) is 0 Å². The van der Waals surface area contributed by atoms with E-state index in [0.717, 1.165) is 5.56 Å². The third-order valence-electron chi connectivity index (χ3n) is 5.49. The molecule has 2 aromatic carbocycles. The van der Waals surface area contributed by atoms with E-state index < -0.39 is 0 Å². The first-order chi connectivity index (χ1) is 14.9. The average Bonchev–Trinajstić information content (AvgIpc) is 2.78. The van der Waals surface area contributed by atoms with Gasteiger partial charge in [-0.25, -0.2) is 0 Å². The highest BCUT2D eigenvalue weighted by Crippen LogP contribution is 2.28. The number of amides is 2. The van der Waals surface area contributed by atoms with Gasteiger partial charge in [-0.1, -0.05) is 18.2 Å². The summed E-state index contributed by atoms with van der Waals surface area (Å²) in [5.74, 6) is 0.561. The second-order valence-electron chi connectivity index (χ2n) is 7.65. The van der Waals surface area contributed by atoms with Crippen molar-refractivity contribution in [2.75, 3.05) is 26.8 Å². The van der Waals surface area contributed by atoms with Gasteiger partial charge >= 0.3 is 0 Å². The fourth-order valence-electron chi connectivity index (χ4n) is 3.60. The number of ether oxygens (including phenoxy) is 2. The number of rotatable bonds is 7. The lowest BCUT2D eigenvalue weighted by Crippen LogP contribution is -2.47. The van der Waals surface area contributed by atoms with Gasteiger partial charge in [0.1, 0.15) is 0 Å². The van der Waals surface area contributed by atoms with Crippen molar-refractivity contribution >= 4 is 17.6 Å². The van der Waals surface area contributed by atoms with E-state index >= 15 is 0 Å². The van der Waals surface area contributed by atoms with E-state index in [1.807, 2.05) is 31.2 Å². The molecule has 3 rings (SSSR count). The summed E-state index contributed by atoms with van der Waals surface area (Å²) < 4.78 is 10.9. The number of ketones is 1. The van der Waals surface area contributed by atoms with Crippen molar-refractivity contribution in [1.82, 2.24) is 10.2 Å². The molecule has 31 heavy (non-hydrogen) atoms. The van der Waals surface area contributed by atoms with Crippen LogP contribution in [0.25, 0.3) is 0 Å². The maximum atomic E-state index is 12.6. The summed E-state index contributed by atoms with van der Waals surface area (Å²) in [5.41, 5.74) is 2.14. The number of carbonyl (C=O) groups is 3. The van der Waals surface area contributed by atoms with E-state index in [1.54, 1.807) is 23.1 Å². The molecule has 1 aliphatic rings. The summed E-state index contributed by atoms with van der Waals surface area (Å²) in [6, 6.07) is 12.4. The van der Waals surface area contributed by atoms with Crippen molar-refractivity contribution in [2.45, 2.75) is 32.7 Å². The van der Waals surface area contributed by atoms with Crippen LogP contribution in [0.5, 0.6) is 11.5 Å². The fourth-order valence-corrected chi connectivity index (χ4v) is 3.60. The maximum Gasteiger partial charge on any atom is 0.260 e. The smallest absolute Gasteiger partial charge is 0.260 e. The van der Waals surface area contributed by atoms with Crippen molar-refractivity contribution in [3.63, 3.8) is 0 Å². The van der Waals surface area contributed by atoms with Gasteiger partial charge in [-0.2, -0.15) is 0 Å². The lowest BCUT2D eigenvalue weighted by molar-refractivity contribution is -0.134. The van der Waals surface area contributed by atoms with Crippen LogP contribution in [0.1, 0.15) is 46.0 Å². The molecule has 1 N–H and O–H groups in total. The predicted molar refractivity (Wildman–Crippen MR) is 117 cm³/mol. The number of nitrogens with zero attached hydrogens (tertiary/aromatic N) is 1. The topological polar surface area (TPSA) is 84.9 Å². The number of hydrogen-bond donors (Lipinski definition) is 1. The molecule has 1 heterocycles. The first kappa shape index (κ1) is 22.3. The first-order valence-corrected chi connectivity index (χ1v) is 10.3. The van der Waals surface area contributed by atoms with Gasteiger partial charge in [0.25, 0.3) is 11.8 Å². The van der Waals surface area contributed by atoms with Crippen molar-refractivity contribution in [3.05, 3.63) is 59.2 Å². The van der Waals surface area contributed by atoms with Gasteiger partial charge in [0.2, 0.25) is 0 Å². The van der Waals surface area contributed by atoms with E-state index in [2.05, 4.69) is 5.32 Å². The van der Waals surface area contributed by atoms with Crippen LogP contribution in [0.4, 0.5) is 0 Å². The molecule has 0 aliphatic carbocycles. The number of hydrogen-bond acceptors (Lipinski definition) is 5. The molecule has 0 saturated carbocycles. The third-order valence-corrected chi connectivity index (χ3v) is 5.49. The second kappa shape index (κ2) is 10.1. The number of piperidine rings is 1. The van der Waals surface area contributed by atoms with Crippen LogP contribution in [-0.2, 0) is 4.79 Å². The van der Waals surface area contributed by atoms with Crippen molar-refractivity contribution in [2.24, 2.45) is 0 Å². The lowest BCUT2D eigenvalue weighted by atomic mass is 10.0. The Bertz CT molecular complexity index is 964. The minimum Gasteiger partial charge on any atom is -0.493 e. The number of likely N-dealkylation sites (tertiary alicyclic amines) is 1. The third kappa shape index (κ3) is 5.63. The standard InChI is InChI=1S/C24H28N2O5/c1-16-6-4-5-7-20(16)24(29)25-19-10-12-26(13-11-19)23(28)15-31-21-9-8-18(17(2)27)14-22(21)30-3/h4-9,14,19H,10-13,15H2,1-3H3,(H,25,29). The summed E-state index contributed by atoms with van der Waals surface area (Å²) in [7, 11) is 1.49. The number of methoxy groups -OCH3 is 1. The Morgan fingerprint density at radius 3 is 2.42 bits per heavy atom. The molecule has 0 atom stereocenters. The van der Waals surface area contributed by atoms with Crippen molar-refractivity contribution < 1.29 is 23.9 Å². The molecule has 0 radical (unpaired) electrons. The Morgan fingerprint density at radius 2 is 1.77 bits per heavy atom. The fraction of sp³-hybridized carbons (Fsp3) is 0.375. The van der Waals surface area contributed by atoms with Gasteiger partial charge in [-0.15, -0.1) is 0 Å². The van der Waals surface area contributed by atoms with Gasteiger partial charge in [-0.05, 0) is 56.5 Å². The molecule has 7 heteroatoms. The maximum absolute atomic E-state index is 12.6. The van der Waals surface area contributed by atoms with Gasteiger partial charge in [-0.3, -0.25) is 14.4 Å². The molecule has 0 spiro atoms. The Kier molecular flexibility index (Phi) is 7.28. The molecule has 2 aromatic rings. The average molecular weight is 424 g/mol. The molecule has 1 fully saturated rings. The van der Waals surface area contributed by atoms with Crippen molar-refractivity contribution in [1.29, 1.82) is 0 Å². The predicted octanol–water partition coefficient (Wildman–Crippen LogP) is 3.01. The van der Waals surface area contributed by atoms with Gasteiger partial charge in [0, 0.05) is 30.3 Å². The minimum absolute atomic E-state index is 0.0382. The normalized spacial score (nSPS) is 14.1. The Balaban J connectivity index is 1.49. The zero-order valence-corrected chi connectivity index (χ0v) is 18.1. The van der Waals surface area contributed by atoms with Crippen LogP contribution < -0.4 is 14.8 Å². The van der Waals surface area contributed by atoms with Crippen LogP contribution in [0.15, 0.2) is 42.5 Å². The van der Waals surface area contributed by atoms with Gasteiger partial charge in [0.15, 0.2) is 23.9 Å². The van der Waals surface area contributed by atoms with Gasteiger partial charge in [0.05, 0.1) is 7.11 Å². The van der Waals surface area contributed by atoms with E-state index in [1.165, 1.54) is 14.0 Å². The number of nitrogens with one attached hydrogen (secondary N) is 1. The molecule has 0 unspecified atom stereocenters. The van der Waals surface area contributed by atoms with E-state index in [9.17, 15) is 14.4 Å². The molecule has 0 bridgehead atoms. The van der Waals surface area contributed by atoms with Gasteiger partial charge < -0.3 is 19.7 Å². The SMILES string of the molecule is COc1cc(C(C)=O)ccc1OCC(=O)N1CCC(NC(=O)c2ccccc2C)CC1. The quantitative estimate of drug-likeness (QED) is 0.691. The summed E-state index contributed by atoms with van der Waals surface area (Å²) >= 11 is 0. The van der Waals surface area contributed by atoms with E-state index in [4.69, 9.17) is 9.47 Å². The number of Topliss-reactive ketones (excluding diaryl/α,β-unsaturated/α-hetero) is 1. The zero-order chi connectivity index (χ0) is 22.4. The Labute approximate surface area is 182 Å². The Hall–Kier alpha value is -3.35. The summed E-state index contributed by atoms with van der Waals surface area (Å²) in [4.78, 5) is 38.3. The number of carbonyl (C=O) groups excluding carboxylic acids is 3. The molecular formula is C24H28N2O5. The zero-order valence-electron chi connectivity index (χ0n) is 18.1. The summed E-state index contributed by atoms with van der Waals surface area (Å²) in [6.45, 7) is 4.39. The summed E-state index contributed by atoms with van der Waals surface area (Å²) in [5, 5.41) is 3.07. The van der Waals surface area contributed by atoms with Crippen LogP contribution >= 0.6 is 0 Å². The summed E-state index contributed by atoms with van der Waals surface area (Å²) in [6.07, 6.45) is 1.39. The highest BCUT2D eigenvalue weighted by molar-refractivity contribution is 5.96. The molecule has 1 saturated heterocycles. The molecule has 164 valence electrons. The van der Waals surface area contributed by atoms with Crippen molar-refractivity contribution in [3.8, 4) is 11.5 Å². The van der Waals surface area contributed by atoms with Crippen LogP contribution in [0.3, 0.4) is 0 Å². The minimum atomic E-state index is -0.124.